The molecule has 182 valence electrons. The van der Waals surface area contributed by atoms with Crippen LogP contribution in [0.4, 0.5) is 0 Å². The number of thiazole rings is 1. The molecular formula is C26H25ClN2O5S. The van der Waals surface area contributed by atoms with Crippen molar-refractivity contribution in [3.05, 3.63) is 89.6 Å². The number of carbonyl (C=O) groups is 1. The number of aromatic hydroxyl groups is 1. The van der Waals surface area contributed by atoms with E-state index in [0.29, 0.717) is 43.5 Å². The fourth-order valence-electron chi connectivity index (χ4n) is 3.87. The third kappa shape index (κ3) is 5.04. The fourth-order valence-corrected chi connectivity index (χ4v) is 5.09. The molecule has 1 aromatic heterocycles. The highest BCUT2D eigenvalue weighted by Crippen LogP contribution is 2.32. The van der Waals surface area contributed by atoms with Crippen LogP contribution in [0.5, 0.6) is 11.5 Å². The number of ether oxygens (including phenoxy) is 2. The highest BCUT2D eigenvalue weighted by Gasteiger charge is 2.33. The van der Waals surface area contributed by atoms with Gasteiger partial charge in [-0.1, -0.05) is 35.1 Å². The van der Waals surface area contributed by atoms with Gasteiger partial charge in [-0.05, 0) is 69.7 Å². The van der Waals surface area contributed by atoms with Gasteiger partial charge in [-0.15, -0.1) is 0 Å². The average molecular weight is 513 g/mol. The number of aromatic nitrogens is 1. The minimum Gasteiger partial charge on any atom is -0.507 e. The minimum atomic E-state index is -0.733. The molecule has 2 heterocycles. The van der Waals surface area contributed by atoms with Crippen molar-refractivity contribution >= 4 is 35.0 Å². The van der Waals surface area contributed by atoms with Gasteiger partial charge in [0.25, 0.3) is 5.56 Å². The van der Waals surface area contributed by atoms with Crippen molar-refractivity contribution in [3.8, 4) is 11.5 Å². The second-order valence-electron chi connectivity index (χ2n) is 8.24. The molecule has 9 heteroatoms. The van der Waals surface area contributed by atoms with Gasteiger partial charge in [0.15, 0.2) is 4.80 Å². The van der Waals surface area contributed by atoms with Crippen molar-refractivity contribution < 1.29 is 19.4 Å². The van der Waals surface area contributed by atoms with Crippen LogP contribution < -0.4 is 19.6 Å². The highest BCUT2D eigenvalue weighted by molar-refractivity contribution is 7.07. The summed E-state index contributed by atoms with van der Waals surface area (Å²) in [5, 5.41) is 10.7. The molecule has 2 aromatic carbocycles. The molecule has 0 radical (unpaired) electrons. The summed E-state index contributed by atoms with van der Waals surface area (Å²) >= 11 is 7.25. The first kappa shape index (κ1) is 24.8. The van der Waals surface area contributed by atoms with Gasteiger partial charge in [-0.25, -0.2) is 9.79 Å². The van der Waals surface area contributed by atoms with E-state index in [-0.39, 0.29) is 17.4 Å². The summed E-state index contributed by atoms with van der Waals surface area (Å²) in [5.74, 6) is 0.162. The second-order valence-corrected chi connectivity index (χ2v) is 9.69. The van der Waals surface area contributed by atoms with Crippen LogP contribution in [0.2, 0.25) is 5.02 Å². The van der Waals surface area contributed by atoms with E-state index in [1.165, 1.54) is 22.0 Å². The number of benzene rings is 2. The first-order chi connectivity index (χ1) is 16.7. The lowest BCUT2D eigenvalue weighted by atomic mass is 9.96. The normalized spacial score (nSPS) is 15.7. The van der Waals surface area contributed by atoms with E-state index in [1.807, 2.05) is 19.1 Å². The molecule has 7 nitrogen and oxygen atoms in total. The Morgan fingerprint density at radius 2 is 1.97 bits per heavy atom. The molecule has 1 atom stereocenters. The summed E-state index contributed by atoms with van der Waals surface area (Å²) in [5.41, 5.74) is 1.57. The molecule has 0 spiro atoms. The number of halogens is 1. The van der Waals surface area contributed by atoms with E-state index in [1.54, 1.807) is 51.1 Å². The molecule has 0 aliphatic carbocycles. The number of phenolic OH excluding ortho intramolecular Hbond substituents is 1. The van der Waals surface area contributed by atoms with Gasteiger partial charge < -0.3 is 14.6 Å². The molecule has 0 bridgehead atoms. The molecule has 1 aliphatic rings. The first-order valence-corrected chi connectivity index (χ1v) is 12.3. The molecule has 35 heavy (non-hydrogen) atoms. The van der Waals surface area contributed by atoms with Crippen molar-refractivity contribution in [1.29, 1.82) is 0 Å². The van der Waals surface area contributed by atoms with Crippen LogP contribution in [-0.4, -0.2) is 28.4 Å². The quantitative estimate of drug-likeness (QED) is 0.505. The number of carbonyl (C=O) groups excluding carboxylic acids is 1. The van der Waals surface area contributed by atoms with E-state index >= 15 is 0 Å². The molecule has 0 saturated heterocycles. The number of phenols is 1. The average Bonchev–Trinajstić information content (AvgIpc) is 3.10. The Morgan fingerprint density at radius 1 is 1.26 bits per heavy atom. The number of nitrogens with zero attached hydrogens (tertiary/aromatic N) is 2. The molecule has 0 amide bonds. The Hall–Kier alpha value is -3.36. The maximum atomic E-state index is 13.6. The van der Waals surface area contributed by atoms with E-state index in [2.05, 4.69) is 4.99 Å². The summed E-state index contributed by atoms with van der Waals surface area (Å²) in [4.78, 5) is 31.8. The van der Waals surface area contributed by atoms with E-state index < -0.39 is 12.0 Å². The number of fused-ring (bicyclic) bond motifs is 1. The standard InChI is InChI=1S/C26H25ClN2O5S/c1-5-33-19-9-6-16(7-10-19)23-22(25(32)34-14(2)3)15(4)28-26-29(23)24(31)21(35-26)13-17-12-18(27)8-11-20(17)30/h6-14,23,30H,5H2,1-4H3/b21-13+/t23-/m0/s1. The molecule has 1 N–H and O–H groups in total. The lowest BCUT2D eigenvalue weighted by Gasteiger charge is -2.25. The summed E-state index contributed by atoms with van der Waals surface area (Å²) in [6.45, 7) is 7.70. The molecule has 0 saturated carbocycles. The zero-order valence-corrected chi connectivity index (χ0v) is 21.3. The Balaban J connectivity index is 1.93. The predicted molar refractivity (Wildman–Crippen MR) is 136 cm³/mol. The number of allylic oxidation sites excluding steroid dienone is 1. The van der Waals surface area contributed by atoms with Gasteiger partial charge in [-0.3, -0.25) is 9.36 Å². The van der Waals surface area contributed by atoms with Crippen LogP contribution in [-0.2, 0) is 9.53 Å². The van der Waals surface area contributed by atoms with Crippen molar-refractivity contribution in [2.45, 2.75) is 39.8 Å². The number of hydrogen-bond donors (Lipinski definition) is 1. The van der Waals surface area contributed by atoms with Gasteiger partial charge >= 0.3 is 5.97 Å². The summed E-state index contributed by atoms with van der Waals surface area (Å²) in [7, 11) is 0. The monoisotopic (exact) mass is 512 g/mol. The SMILES string of the molecule is CCOc1ccc([C@H]2C(C(=O)OC(C)C)=C(C)N=c3s/c(=C/c4cc(Cl)ccc4O)c(=O)n32)cc1. The van der Waals surface area contributed by atoms with Crippen molar-refractivity contribution in [2.24, 2.45) is 4.99 Å². The van der Waals surface area contributed by atoms with Crippen LogP contribution in [0.15, 0.2) is 63.5 Å². The van der Waals surface area contributed by atoms with Crippen LogP contribution in [0.1, 0.15) is 44.9 Å². The van der Waals surface area contributed by atoms with Crippen molar-refractivity contribution in [2.75, 3.05) is 6.61 Å². The number of rotatable bonds is 6. The Morgan fingerprint density at radius 3 is 2.63 bits per heavy atom. The Bertz CT molecular complexity index is 1490. The summed E-state index contributed by atoms with van der Waals surface area (Å²) in [6, 6.07) is 11.2. The maximum absolute atomic E-state index is 13.6. The lowest BCUT2D eigenvalue weighted by Crippen LogP contribution is -2.40. The van der Waals surface area contributed by atoms with Crippen molar-refractivity contribution in [3.63, 3.8) is 0 Å². The molecule has 1 aliphatic heterocycles. The molecule has 4 rings (SSSR count). The Labute approximate surface area is 211 Å². The van der Waals surface area contributed by atoms with Gasteiger partial charge in [0.2, 0.25) is 0 Å². The molecular weight excluding hydrogens is 488 g/mol. The highest BCUT2D eigenvalue weighted by atomic mass is 35.5. The number of esters is 1. The lowest BCUT2D eigenvalue weighted by molar-refractivity contribution is -0.143. The van der Waals surface area contributed by atoms with E-state index in [0.717, 1.165) is 5.56 Å². The predicted octanol–water partition coefficient (Wildman–Crippen LogP) is 3.94. The molecule has 0 fully saturated rings. The second kappa shape index (κ2) is 10.1. The maximum Gasteiger partial charge on any atom is 0.338 e. The minimum absolute atomic E-state index is 0.000629. The van der Waals surface area contributed by atoms with Gasteiger partial charge in [0, 0.05) is 10.6 Å². The van der Waals surface area contributed by atoms with Crippen LogP contribution >= 0.6 is 22.9 Å². The van der Waals surface area contributed by atoms with E-state index in [9.17, 15) is 14.7 Å². The zero-order valence-electron chi connectivity index (χ0n) is 19.7. The van der Waals surface area contributed by atoms with Crippen LogP contribution in [0, 0.1) is 0 Å². The van der Waals surface area contributed by atoms with Crippen molar-refractivity contribution in [1.82, 2.24) is 4.57 Å². The topological polar surface area (TPSA) is 90.1 Å². The summed E-state index contributed by atoms with van der Waals surface area (Å²) < 4.78 is 12.9. The largest absolute Gasteiger partial charge is 0.507 e. The van der Waals surface area contributed by atoms with Crippen LogP contribution in [0.3, 0.4) is 0 Å². The smallest absolute Gasteiger partial charge is 0.338 e. The number of hydrogen-bond acceptors (Lipinski definition) is 7. The third-order valence-electron chi connectivity index (χ3n) is 5.37. The third-order valence-corrected chi connectivity index (χ3v) is 6.59. The summed E-state index contributed by atoms with van der Waals surface area (Å²) in [6.07, 6.45) is 1.24. The first-order valence-electron chi connectivity index (χ1n) is 11.1. The fraction of sp³-hybridized carbons (Fsp3) is 0.269. The zero-order chi connectivity index (χ0) is 25.3. The molecule has 3 aromatic rings. The Kier molecular flexibility index (Phi) is 7.14. The molecule has 0 unspecified atom stereocenters. The van der Waals surface area contributed by atoms with Crippen LogP contribution in [0.25, 0.3) is 6.08 Å². The van der Waals surface area contributed by atoms with Gasteiger partial charge in [0.05, 0.1) is 34.6 Å². The van der Waals surface area contributed by atoms with Gasteiger partial charge in [0.1, 0.15) is 11.5 Å². The van der Waals surface area contributed by atoms with Gasteiger partial charge in [-0.2, -0.15) is 0 Å². The van der Waals surface area contributed by atoms with E-state index in [4.69, 9.17) is 21.1 Å².